The van der Waals surface area contributed by atoms with Crippen molar-refractivity contribution in [3.05, 3.63) is 58.6 Å². The largest absolute Gasteiger partial charge is 0.381 e. The second kappa shape index (κ2) is 7.50. The minimum absolute atomic E-state index is 0.0877. The molecule has 2 aliphatic rings. The van der Waals surface area contributed by atoms with Crippen LogP contribution in [0.5, 0.6) is 0 Å². The average Bonchev–Trinajstić information content (AvgIpc) is 2.95. The average molecular weight is 420 g/mol. The van der Waals surface area contributed by atoms with E-state index in [1.807, 2.05) is 0 Å². The van der Waals surface area contributed by atoms with E-state index in [-0.39, 0.29) is 22.8 Å². The third-order valence-corrected chi connectivity index (χ3v) is 6.38. The molecule has 0 unspecified atom stereocenters. The smallest absolute Gasteiger partial charge is 0.236 e. The number of benzene rings is 2. The van der Waals surface area contributed by atoms with Crippen molar-refractivity contribution in [3.8, 4) is 11.1 Å². The number of rotatable bonds is 3. The van der Waals surface area contributed by atoms with Gasteiger partial charge in [-0.3, -0.25) is 9.59 Å². The Kier molecular flexibility index (Phi) is 5.17. The molecule has 4 rings (SSSR count). The summed E-state index contributed by atoms with van der Waals surface area (Å²) in [6, 6.07) is 8.38. The maximum atomic E-state index is 13.6. The highest BCUT2D eigenvalue weighted by Crippen LogP contribution is 2.42. The molecule has 1 amide bonds. The van der Waals surface area contributed by atoms with Crippen LogP contribution < -0.4 is 5.32 Å². The number of ketones is 1. The Morgan fingerprint density at radius 3 is 2.34 bits per heavy atom. The second-order valence-corrected chi connectivity index (χ2v) is 8.08. The lowest BCUT2D eigenvalue weighted by Gasteiger charge is -2.35. The Morgan fingerprint density at radius 2 is 1.69 bits per heavy atom. The number of Topliss-reactive ketones (excluding diaryl/α,β-unsaturated/α-hetero) is 1. The minimum Gasteiger partial charge on any atom is -0.381 e. The Bertz CT molecular complexity index is 986. The maximum absolute atomic E-state index is 13.6. The van der Waals surface area contributed by atoms with Crippen molar-refractivity contribution >= 4 is 23.3 Å². The molecule has 2 aromatic carbocycles. The number of carbonyl (C=O) groups excluding carboxylic acids is 2. The van der Waals surface area contributed by atoms with Crippen LogP contribution in [0.3, 0.4) is 0 Å². The molecule has 1 aliphatic heterocycles. The van der Waals surface area contributed by atoms with E-state index in [0.29, 0.717) is 42.4 Å². The van der Waals surface area contributed by atoms with Gasteiger partial charge < -0.3 is 10.1 Å². The molecule has 0 bridgehead atoms. The molecular weight excluding hydrogens is 400 g/mol. The van der Waals surface area contributed by atoms with Crippen molar-refractivity contribution in [1.29, 1.82) is 0 Å². The molecule has 1 heterocycles. The highest BCUT2D eigenvalue weighted by molar-refractivity contribution is 6.33. The summed E-state index contributed by atoms with van der Waals surface area (Å²) in [5.41, 5.74) is 0.469. The van der Waals surface area contributed by atoms with Crippen LogP contribution >= 0.6 is 11.6 Å². The first-order valence-electron chi connectivity index (χ1n) is 9.48. The molecule has 1 saturated heterocycles. The predicted molar refractivity (Wildman–Crippen MR) is 105 cm³/mol. The van der Waals surface area contributed by atoms with Crippen LogP contribution in [0, 0.1) is 11.6 Å². The standard InChI is InChI=1S/C22H20ClF2NO3/c1-29-14-6-8-22(9-7-14)20(27)19(21(28)26-22)15-10-12(2-4-16(15)23)13-3-5-17(24)18(25)11-13/h2-5,10-11,14,19H,6-9H2,1H3,(H,26,28)/t14?,19-,22?/m1/s1. The SMILES string of the molecule is COC1CCC2(CC1)NC(=O)[C@H](c1cc(-c3ccc(F)c(F)c3)ccc1Cl)C2=O. The summed E-state index contributed by atoms with van der Waals surface area (Å²) in [6.07, 6.45) is 2.51. The lowest BCUT2D eigenvalue weighted by atomic mass is 9.76. The van der Waals surface area contributed by atoms with E-state index in [1.54, 1.807) is 25.3 Å². The van der Waals surface area contributed by atoms with Crippen LogP contribution in [0.25, 0.3) is 11.1 Å². The molecule has 2 aromatic rings. The van der Waals surface area contributed by atoms with Crippen LogP contribution in [-0.4, -0.2) is 30.4 Å². The Morgan fingerprint density at radius 1 is 1.03 bits per heavy atom. The van der Waals surface area contributed by atoms with Gasteiger partial charge in [-0.2, -0.15) is 0 Å². The molecular formula is C22H20ClF2NO3. The zero-order chi connectivity index (χ0) is 20.8. The summed E-state index contributed by atoms with van der Waals surface area (Å²) in [5, 5.41) is 3.19. The first-order chi connectivity index (χ1) is 13.8. The summed E-state index contributed by atoms with van der Waals surface area (Å²) in [4.78, 5) is 26.1. The molecule has 1 aliphatic carbocycles. The van der Waals surface area contributed by atoms with E-state index < -0.39 is 23.1 Å². The first kappa shape index (κ1) is 20.0. The van der Waals surface area contributed by atoms with E-state index >= 15 is 0 Å². The summed E-state index contributed by atoms with van der Waals surface area (Å²) < 4.78 is 32.3. The van der Waals surface area contributed by atoms with E-state index in [4.69, 9.17) is 16.3 Å². The number of hydrogen-bond acceptors (Lipinski definition) is 3. The van der Waals surface area contributed by atoms with Gasteiger partial charge in [0.2, 0.25) is 5.91 Å². The number of amides is 1. The molecule has 0 aromatic heterocycles. The summed E-state index contributed by atoms with van der Waals surface area (Å²) in [6.45, 7) is 0. The van der Waals surface area contributed by atoms with Gasteiger partial charge in [-0.25, -0.2) is 8.78 Å². The number of ether oxygens (including phenoxy) is 1. The predicted octanol–water partition coefficient (Wildman–Crippen LogP) is 4.40. The van der Waals surface area contributed by atoms with Gasteiger partial charge in [-0.15, -0.1) is 0 Å². The van der Waals surface area contributed by atoms with Crippen LogP contribution in [-0.2, 0) is 14.3 Å². The molecule has 7 heteroatoms. The molecule has 152 valence electrons. The van der Waals surface area contributed by atoms with Crippen LogP contribution in [0.1, 0.15) is 37.2 Å². The third-order valence-electron chi connectivity index (χ3n) is 6.04. The van der Waals surface area contributed by atoms with Gasteiger partial charge in [-0.05, 0) is 66.6 Å². The first-order valence-corrected chi connectivity index (χ1v) is 9.86. The van der Waals surface area contributed by atoms with Crippen LogP contribution in [0.4, 0.5) is 8.78 Å². The highest BCUT2D eigenvalue weighted by atomic mass is 35.5. The number of hydrogen-bond donors (Lipinski definition) is 1. The third kappa shape index (κ3) is 3.45. The van der Waals surface area contributed by atoms with Gasteiger partial charge >= 0.3 is 0 Å². The summed E-state index contributed by atoms with van der Waals surface area (Å²) in [5.74, 6) is -3.51. The highest BCUT2D eigenvalue weighted by Gasteiger charge is 2.54. The van der Waals surface area contributed by atoms with E-state index in [1.165, 1.54) is 6.07 Å². The zero-order valence-corrected chi connectivity index (χ0v) is 16.6. The Labute approximate surface area is 172 Å². The van der Waals surface area contributed by atoms with Gasteiger partial charge in [0.25, 0.3) is 0 Å². The van der Waals surface area contributed by atoms with E-state index in [2.05, 4.69) is 5.32 Å². The van der Waals surface area contributed by atoms with Crippen molar-refractivity contribution in [2.75, 3.05) is 7.11 Å². The number of carbonyl (C=O) groups is 2. The number of methoxy groups -OCH3 is 1. The molecule has 1 N–H and O–H groups in total. The quantitative estimate of drug-likeness (QED) is 0.750. The molecule has 0 radical (unpaired) electrons. The topological polar surface area (TPSA) is 55.4 Å². The van der Waals surface area contributed by atoms with E-state index in [0.717, 1.165) is 12.1 Å². The van der Waals surface area contributed by atoms with Crippen molar-refractivity contribution in [2.45, 2.75) is 43.2 Å². The molecule has 29 heavy (non-hydrogen) atoms. The molecule has 4 nitrogen and oxygen atoms in total. The monoisotopic (exact) mass is 419 g/mol. The van der Waals surface area contributed by atoms with Gasteiger partial charge in [0.05, 0.1) is 11.6 Å². The number of nitrogens with one attached hydrogen (secondary N) is 1. The maximum Gasteiger partial charge on any atom is 0.236 e. The summed E-state index contributed by atoms with van der Waals surface area (Å²) >= 11 is 6.34. The van der Waals surface area contributed by atoms with Crippen LogP contribution in [0.2, 0.25) is 5.02 Å². The Balaban J connectivity index is 1.68. The van der Waals surface area contributed by atoms with Crippen molar-refractivity contribution in [1.82, 2.24) is 5.32 Å². The molecule has 1 atom stereocenters. The van der Waals surface area contributed by atoms with Gasteiger partial charge in [0.15, 0.2) is 17.4 Å². The molecule has 1 spiro atoms. The fourth-order valence-corrected chi connectivity index (χ4v) is 4.59. The summed E-state index contributed by atoms with van der Waals surface area (Å²) in [7, 11) is 1.64. The normalized spacial score (nSPS) is 26.8. The minimum atomic E-state index is -1.02. The van der Waals surface area contributed by atoms with Crippen molar-refractivity contribution < 1.29 is 23.1 Å². The van der Waals surface area contributed by atoms with Gasteiger partial charge in [-0.1, -0.05) is 23.7 Å². The molecule has 2 fully saturated rings. The van der Waals surface area contributed by atoms with Gasteiger partial charge in [0.1, 0.15) is 5.92 Å². The second-order valence-electron chi connectivity index (χ2n) is 7.67. The lowest BCUT2D eigenvalue weighted by Crippen LogP contribution is -2.50. The van der Waals surface area contributed by atoms with Crippen molar-refractivity contribution in [2.24, 2.45) is 0 Å². The van der Waals surface area contributed by atoms with Crippen molar-refractivity contribution in [3.63, 3.8) is 0 Å². The fourth-order valence-electron chi connectivity index (χ4n) is 4.36. The Hall–Kier alpha value is -2.31. The molecule has 1 saturated carbocycles. The lowest BCUT2D eigenvalue weighted by molar-refractivity contribution is -0.126. The fraction of sp³-hybridized carbons (Fsp3) is 0.364. The number of halogens is 3. The zero-order valence-electron chi connectivity index (χ0n) is 15.8. The van der Waals surface area contributed by atoms with E-state index in [9.17, 15) is 18.4 Å². The van der Waals surface area contributed by atoms with Crippen LogP contribution in [0.15, 0.2) is 36.4 Å². The van der Waals surface area contributed by atoms with Gasteiger partial charge in [0, 0.05) is 12.1 Å².